The quantitative estimate of drug-likeness (QED) is 0.0235. The summed E-state index contributed by atoms with van der Waals surface area (Å²) >= 11 is 0. The number of aryl methyl sites for hydroxylation is 3. The van der Waals surface area contributed by atoms with E-state index in [1.54, 1.807) is 71.4 Å². The van der Waals surface area contributed by atoms with Crippen molar-refractivity contribution in [3.8, 4) is 5.75 Å². The van der Waals surface area contributed by atoms with E-state index in [1.165, 1.54) is 12.1 Å². The molecule has 9 N–H and O–H groups in total. The SMILES string of the molecule is Cc1cc(OCCCC(=O)NCCCOCCOCCOCCCNC(=O)[C@@H](CS(=O)(=O)O)NC(=O)OC(C)(C)C)cc(C)c1S(=O)(=O)NC(CNC(=O)c1ccc2c(cnn2CCCNc2ncc[nH]2)c1)C(=O)O. The summed E-state index contributed by atoms with van der Waals surface area (Å²) in [6, 6.07) is 4.74. The number of anilines is 1. The maximum absolute atomic E-state index is 13.5. The summed E-state index contributed by atoms with van der Waals surface area (Å²) in [6.07, 6.45) is 6.27. The first-order valence-electron chi connectivity index (χ1n) is 24.2. The number of ether oxygens (including phenoxy) is 5. The van der Waals surface area contributed by atoms with Gasteiger partial charge in [-0.2, -0.15) is 18.2 Å². The largest absolute Gasteiger partial charge is 0.494 e. The van der Waals surface area contributed by atoms with Gasteiger partial charge in [-0.05, 0) is 102 Å². The maximum Gasteiger partial charge on any atom is 0.408 e. The van der Waals surface area contributed by atoms with E-state index in [-0.39, 0.29) is 55.8 Å². The maximum atomic E-state index is 13.5. The summed E-state index contributed by atoms with van der Waals surface area (Å²) in [5.41, 5.74) is 0.770. The van der Waals surface area contributed by atoms with Crippen LogP contribution in [0.25, 0.3) is 10.9 Å². The number of carboxylic acids is 1. The van der Waals surface area contributed by atoms with Crippen LogP contribution >= 0.6 is 0 Å². The fourth-order valence-electron chi connectivity index (χ4n) is 7.15. The average Bonchev–Trinajstić information content (AvgIpc) is 4.00. The van der Waals surface area contributed by atoms with E-state index in [0.29, 0.717) is 86.9 Å². The van der Waals surface area contributed by atoms with Crippen LogP contribution in [0, 0.1) is 13.8 Å². The number of sulfonamides is 1. The normalized spacial score (nSPS) is 12.7. The number of nitrogens with zero attached hydrogens (tertiary/aromatic N) is 3. The molecule has 0 radical (unpaired) electrons. The van der Waals surface area contributed by atoms with Crippen LogP contribution in [0.1, 0.15) is 74.4 Å². The highest BCUT2D eigenvalue weighted by Gasteiger charge is 2.30. The minimum absolute atomic E-state index is 0.116. The topological polar surface area (TPSA) is 359 Å². The van der Waals surface area contributed by atoms with E-state index in [2.05, 4.69) is 46.4 Å². The number of imidazole rings is 1. The van der Waals surface area contributed by atoms with Crippen molar-refractivity contribution in [2.24, 2.45) is 0 Å². The van der Waals surface area contributed by atoms with Crippen molar-refractivity contribution in [1.29, 1.82) is 0 Å². The number of nitrogens with one attached hydrogen (secondary N) is 7. The van der Waals surface area contributed by atoms with Crippen molar-refractivity contribution in [2.45, 2.75) is 95.8 Å². The number of hydrogen-bond donors (Lipinski definition) is 9. The molecule has 0 aliphatic rings. The predicted molar refractivity (Wildman–Crippen MR) is 273 cm³/mol. The molecule has 2 aromatic heterocycles. The van der Waals surface area contributed by atoms with Gasteiger partial charge in [0.25, 0.3) is 16.0 Å². The summed E-state index contributed by atoms with van der Waals surface area (Å²) < 4.78 is 90.3. The Labute approximate surface area is 435 Å². The van der Waals surface area contributed by atoms with E-state index in [4.69, 9.17) is 23.7 Å². The molecule has 1 unspecified atom stereocenters. The lowest BCUT2D eigenvalue weighted by atomic mass is 10.1. The molecular weight excluding hydrogens is 1020 g/mol. The highest BCUT2D eigenvalue weighted by molar-refractivity contribution is 7.89. The van der Waals surface area contributed by atoms with Crippen LogP contribution < -0.4 is 36.0 Å². The number of amides is 4. The molecule has 2 atom stereocenters. The van der Waals surface area contributed by atoms with Gasteiger partial charge in [-0.3, -0.25) is 28.4 Å². The number of carbonyl (C=O) groups is 5. The molecule has 2 heterocycles. The Hall–Kier alpha value is -6.43. The molecule has 0 aliphatic carbocycles. The highest BCUT2D eigenvalue weighted by Crippen LogP contribution is 2.26. The van der Waals surface area contributed by atoms with Crippen LogP contribution in [0.5, 0.6) is 5.75 Å². The number of carboxylic acid groups (broad SMARTS) is 1. The van der Waals surface area contributed by atoms with Gasteiger partial charge in [-0.15, -0.1) is 0 Å². The fraction of sp³-hybridized carbons (Fsp3) is 0.553. The molecule has 26 nitrogen and oxygen atoms in total. The number of aromatic nitrogens is 4. The van der Waals surface area contributed by atoms with Crippen LogP contribution in [0.3, 0.4) is 0 Å². The molecule has 0 bridgehead atoms. The number of alkyl carbamates (subject to hydrolysis) is 1. The van der Waals surface area contributed by atoms with E-state index in [1.807, 2.05) is 4.68 Å². The number of carbonyl (C=O) groups excluding carboxylic acids is 4. The average molecular weight is 1100 g/mol. The van der Waals surface area contributed by atoms with Crippen molar-refractivity contribution in [3.63, 3.8) is 0 Å². The molecule has 0 saturated carbocycles. The minimum atomic E-state index is -4.58. The van der Waals surface area contributed by atoms with Gasteiger partial charge in [0.15, 0.2) is 5.95 Å². The van der Waals surface area contributed by atoms with Gasteiger partial charge in [-0.1, -0.05) is 0 Å². The summed E-state index contributed by atoms with van der Waals surface area (Å²) in [6.45, 7) is 11.2. The molecular formula is C47H70N10O16S2. The second-order valence-corrected chi connectivity index (χ2v) is 21.2. The molecule has 4 amide bonds. The van der Waals surface area contributed by atoms with Crippen molar-refractivity contribution in [2.75, 3.05) is 83.5 Å². The smallest absolute Gasteiger partial charge is 0.408 e. The van der Waals surface area contributed by atoms with Gasteiger partial charge in [0.05, 0.1) is 49.6 Å². The fourth-order valence-corrected chi connectivity index (χ4v) is 9.45. The third-order valence-electron chi connectivity index (χ3n) is 10.5. The van der Waals surface area contributed by atoms with Crippen LogP contribution in [0.4, 0.5) is 10.7 Å². The van der Waals surface area contributed by atoms with Crippen molar-refractivity contribution in [3.05, 3.63) is 65.6 Å². The Kier molecular flexibility index (Phi) is 24.6. The lowest BCUT2D eigenvalue weighted by Gasteiger charge is -2.22. The van der Waals surface area contributed by atoms with E-state index < -0.39 is 74.0 Å². The lowest BCUT2D eigenvalue weighted by molar-refractivity contribution is -0.138. The first kappa shape index (κ1) is 61.1. The van der Waals surface area contributed by atoms with Gasteiger partial charge in [0.1, 0.15) is 29.2 Å². The van der Waals surface area contributed by atoms with Gasteiger partial charge < -0.3 is 60.4 Å². The Morgan fingerprint density at radius 2 is 1.45 bits per heavy atom. The van der Waals surface area contributed by atoms with Gasteiger partial charge in [0.2, 0.25) is 21.8 Å². The molecule has 28 heteroatoms. The van der Waals surface area contributed by atoms with Crippen molar-refractivity contribution < 1.29 is 74.2 Å². The van der Waals surface area contributed by atoms with E-state index >= 15 is 0 Å². The summed E-state index contributed by atoms with van der Waals surface area (Å²) in [5, 5.41) is 28.2. The standard InChI is InChI=1S/C47H70N10O16S2/c1-32-26-36(72-21-6-10-40(58)48-14-8-19-69-22-24-71-25-23-70-20-9-15-49-43(60)38(31-74(64,65)66)55-46(63)73-47(3,4)5)27-33(2)41(32)75(67,68)56-37(44(61)62)30-53-42(59)34-11-12-39-35(28-34)29-54-57(39)18-7-13-50-45-51-16-17-52-45/h11-12,16-17,26-29,37-38,56H,6-10,13-15,18-25,30-31H2,1-5H3,(H,48,58)(H,49,60)(H,53,59)(H,55,63)(H,61,62)(H2,50,51,52)(H,64,65,66)/t37?,38-/m1/s1. The number of aliphatic carboxylic acids is 1. The number of rotatable bonds is 35. The number of aromatic amines is 1. The number of benzene rings is 2. The summed E-state index contributed by atoms with van der Waals surface area (Å²) in [7, 11) is -8.96. The van der Waals surface area contributed by atoms with Gasteiger partial charge in [0, 0.05) is 75.7 Å². The monoisotopic (exact) mass is 1090 g/mol. The lowest BCUT2D eigenvalue weighted by Crippen LogP contribution is -2.51. The number of hydrogen-bond acceptors (Lipinski definition) is 17. The third-order valence-corrected chi connectivity index (χ3v) is 13.0. The Morgan fingerprint density at radius 3 is 2.07 bits per heavy atom. The Balaban J connectivity index is 1.04. The zero-order valence-electron chi connectivity index (χ0n) is 42.8. The van der Waals surface area contributed by atoms with Crippen molar-refractivity contribution in [1.82, 2.24) is 45.7 Å². The molecule has 0 aliphatic heterocycles. The summed E-state index contributed by atoms with van der Waals surface area (Å²) in [5.74, 6) is -3.05. The minimum Gasteiger partial charge on any atom is -0.494 e. The summed E-state index contributed by atoms with van der Waals surface area (Å²) in [4.78, 5) is 69.1. The van der Waals surface area contributed by atoms with Crippen LogP contribution in [-0.2, 0) is 60.0 Å². The van der Waals surface area contributed by atoms with Gasteiger partial charge >= 0.3 is 12.1 Å². The van der Waals surface area contributed by atoms with Crippen LogP contribution in [-0.4, -0.2) is 172 Å². The van der Waals surface area contributed by atoms with Crippen molar-refractivity contribution >= 4 is 66.8 Å². The predicted octanol–water partition coefficient (Wildman–Crippen LogP) is 2.04. The number of fused-ring (bicyclic) bond motifs is 1. The molecule has 2 aromatic carbocycles. The molecule has 0 spiro atoms. The first-order valence-corrected chi connectivity index (χ1v) is 27.3. The Morgan fingerprint density at radius 1 is 0.800 bits per heavy atom. The van der Waals surface area contributed by atoms with E-state index in [9.17, 15) is 50.5 Å². The molecule has 0 fully saturated rings. The molecule has 75 heavy (non-hydrogen) atoms. The Bertz CT molecular complexity index is 2690. The zero-order valence-corrected chi connectivity index (χ0v) is 44.4. The zero-order chi connectivity index (χ0) is 55.0. The second-order valence-electron chi connectivity index (χ2n) is 18.1. The molecule has 4 aromatic rings. The molecule has 0 saturated heterocycles. The third kappa shape index (κ3) is 22.9. The van der Waals surface area contributed by atoms with Crippen LogP contribution in [0.2, 0.25) is 0 Å². The van der Waals surface area contributed by atoms with E-state index in [0.717, 1.165) is 11.9 Å². The highest BCUT2D eigenvalue weighted by atomic mass is 32.2. The first-order chi connectivity index (χ1) is 35.5. The second kappa shape index (κ2) is 30.2. The molecule has 4 rings (SSSR count). The van der Waals surface area contributed by atoms with Crippen LogP contribution in [0.15, 0.2) is 53.8 Å². The number of H-pyrrole nitrogens is 1. The van der Waals surface area contributed by atoms with Gasteiger partial charge in [-0.25, -0.2) is 18.2 Å². The molecule has 416 valence electrons.